The number of halogens is 6. The molecule has 1 aliphatic rings. The number of fused-ring (bicyclic) bond motifs is 1. The van der Waals surface area contributed by atoms with Gasteiger partial charge in [0, 0.05) is 22.9 Å². The summed E-state index contributed by atoms with van der Waals surface area (Å²) in [4.78, 5) is 28.4. The first kappa shape index (κ1) is 23.2. The monoisotopic (exact) mass is 503 g/mol. The molecule has 0 bridgehead atoms. The van der Waals surface area contributed by atoms with Crippen molar-refractivity contribution in [1.29, 1.82) is 0 Å². The van der Waals surface area contributed by atoms with Crippen LogP contribution in [0.15, 0.2) is 24.4 Å². The number of carbonyl (C=O) groups excluding carboxylic acids is 2. The summed E-state index contributed by atoms with van der Waals surface area (Å²) >= 11 is 6.03. The molecule has 0 aliphatic carbocycles. The van der Waals surface area contributed by atoms with Crippen molar-refractivity contribution in [3.05, 3.63) is 51.9 Å². The lowest BCUT2D eigenvalue weighted by Gasteiger charge is -2.15. The van der Waals surface area contributed by atoms with Crippen molar-refractivity contribution in [1.82, 2.24) is 14.8 Å². The van der Waals surface area contributed by atoms with Gasteiger partial charge < -0.3 is 20.9 Å². The summed E-state index contributed by atoms with van der Waals surface area (Å²) in [5.74, 6) is -4.43. The third-order valence-electron chi connectivity index (χ3n) is 4.78. The number of nitrogens with two attached hydrogens (primary N) is 2. The molecule has 3 aromatic rings. The lowest BCUT2D eigenvalue weighted by Crippen LogP contribution is -2.26. The van der Waals surface area contributed by atoms with Crippen molar-refractivity contribution in [3.8, 4) is 28.4 Å². The fraction of sp³-hybridized carbons (Fsp3) is 0.158. The number of carbonyl (C=O) groups is 2. The van der Waals surface area contributed by atoms with Gasteiger partial charge in [-0.05, 0) is 25.1 Å². The molecule has 4 rings (SSSR count). The van der Waals surface area contributed by atoms with Gasteiger partial charge in [-0.25, -0.2) is 9.67 Å². The van der Waals surface area contributed by atoms with Crippen LogP contribution in [0.4, 0.5) is 22.0 Å². The van der Waals surface area contributed by atoms with Crippen molar-refractivity contribution in [2.24, 2.45) is 11.5 Å². The molecule has 4 N–H and O–H groups in total. The number of benzene rings is 1. The van der Waals surface area contributed by atoms with Gasteiger partial charge in [-0.15, -0.1) is 8.78 Å². The number of amides is 2. The van der Waals surface area contributed by atoms with Gasteiger partial charge in [0.15, 0.2) is 23.0 Å². The summed E-state index contributed by atoms with van der Waals surface area (Å²) < 4.78 is 78.8. The highest BCUT2D eigenvalue weighted by atomic mass is 35.5. The standard InChI is InChI=1S/C19H11ClF5N5O4/c1-6-10(7(15(26)31)5-9-13(6)34-19(24,25)33-9)11-12(16(27)32)30(29-14(11)18(21,22)23)17-8(20)3-2-4-28-17/h2-5H,1H3,(H2,26,31)(H2,27,32). The minimum absolute atomic E-state index is 0.190. The minimum atomic E-state index is -5.21. The number of hydrogen-bond donors (Lipinski definition) is 2. The van der Waals surface area contributed by atoms with Gasteiger partial charge >= 0.3 is 12.5 Å². The molecule has 0 saturated heterocycles. The van der Waals surface area contributed by atoms with Crippen LogP contribution < -0.4 is 20.9 Å². The van der Waals surface area contributed by atoms with Crippen molar-refractivity contribution in [3.63, 3.8) is 0 Å². The quantitative estimate of drug-likeness (QED) is 0.524. The van der Waals surface area contributed by atoms with E-state index in [0.29, 0.717) is 10.7 Å². The van der Waals surface area contributed by atoms with Gasteiger partial charge in [0.1, 0.15) is 5.69 Å². The largest absolute Gasteiger partial charge is 0.586 e. The molecular formula is C19H11ClF5N5O4. The first-order valence-corrected chi connectivity index (χ1v) is 9.45. The van der Waals surface area contributed by atoms with Crippen LogP contribution in [-0.2, 0) is 6.18 Å². The molecule has 0 fully saturated rings. The van der Waals surface area contributed by atoms with E-state index >= 15 is 0 Å². The maximum atomic E-state index is 14.1. The lowest BCUT2D eigenvalue weighted by molar-refractivity contribution is -0.286. The van der Waals surface area contributed by atoms with Gasteiger partial charge in [-0.1, -0.05) is 11.6 Å². The highest BCUT2D eigenvalue weighted by Gasteiger charge is 2.47. The van der Waals surface area contributed by atoms with Crippen LogP contribution in [0, 0.1) is 6.92 Å². The van der Waals surface area contributed by atoms with Crippen LogP contribution in [0.25, 0.3) is 16.9 Å². The number of aromatic nitrogens is 3. The minimum Gasteiger partial charge on any atom is -0.395 e. The highest BCUT2D eigenvalue weighted by Crippen LogP contribution is 2.50. The van der Waals surface area contributed by atoms with E-state index in [1.165, 1.54) is 18.3 Å². The molecule has 3 heterocycles. The third-order valence-corrected chi connectivity index (χ3v) is 5.07. The maximum absolute atomic E-state index is 14.1. The Bertz CT molecular complexity index is 1370. The Hall–Kier alpha value is -3.94. The van der Waals surface area contributed by atoms with Gasteiger partial charge in [0.2, 0.25) is 5.91 Å². The predicted octanol–water partition coefficient (Wildman–Crippen LogP) is 3.43. The summed E-state index contributed by atoms with van der Waals surface area (Å²) in [6.07, 6.45) is -8.21. The number of rotatable bonds is 4. The molecule has 1 aromatic carbocycles. The van der Waals surface area contributed by atoms with Crippen molar-refractivity contribution in [2.75, 3.05) is 0 Å². The average Bonchev–Trinajstić information content (AvgIpc) is 3.25. The fourth-order valence-corrected chi connectivity index (χ4v) is 3.72. The number of alkyl halides is 5. The molecule has 9 nitrogen and oxygen atoms in total. The molecule has 0 saturated carbocycles. The van der Waals surface area contributed by atoms with E-state index in [-0.39, 0.29) is 10.8 Å². The Balaban J connectivity index is 2.17. The summed E-state index contributed by atoms with van der Waals surface area (Å²) in [5.41, 5.74) is 5.40. The maximum Gasteiger partial charge on any atom is 0.586 e. The summed E-state index contributed by atoms with van der Waals surface area (Å²) in [6.45, 7) is 1.07. The number of primary amides is 2. The molecule has 34 heavy (non-hydrogen) atoms. The zero-order chi connectivity index (χ0) is 25.2. The van der Waals surface area contributed by atoms with Crippen LogP contribution in [0.3, 0.4) is 0 Å². The van der Waals surface area contributed by atoms with Gasteiger partial charge in [-0.2, -0.15) is 18.3 Å². The first-order valence-electron chi connectivity index (χ1n) is 9.07. The summed E-state index contributed by atoms with van der Waals surface area (Å²) in [6, 6.07) is 3.32. The zero-order valence-electron chi connectivity index (χ0n) is 16.7. The normalized spacial score (nSPS) is 14.3. The molecule has 0 atom stereocenters. The second kappa shape index (κ2) is 7.55. The van der Waals surface area contributed by atoms with Crippen LogP contribution >= 0.6 is 11.6 Å². The smallest absolute Gasteiger partial charge is 0.395 e. The van der Waals surface area contributed by atoms with Gasteiger partial charge in [-0.3, -0.25) is 9.59 Å². The average molecular weight is 504 g/mol. The van der Waals surface area contributed by atoms with Gasteiger partial charge in [0.25, 0.3) is 5.91 Å². The molecule has 1 aliphatic heterocycles. The molecule has 0 unspecified atom stereocenters. The molecule has 15 heteroatoms. The van der Waals surface area contributed by atoms with E-state index in [1.54, 1.807) is 0 Å². The lowest BCUT2D eigenvalue weighted by atomic mass is 9.91. The van der Waals surface area contributed by atoms with E-state index in [4.69, 9.17) is 23.1 Å². The van der Waals surface area contributed by atoms with Crippen LogP contribution in [-0.4, -0.2) is 32.9 Å². The zero-order valence-corrected chi connectivity index (χ0v) is 17.5. The molecule has 0 radical (unpaired) electrons. The van der Waals surface area contributed by atoms with E-state index in [9.17, 15) is 31.5 Å². The second-order valence-electron chi connectivity index (χ2n) is 6.94. The molecule has 178 valence electrons. The summed E-state index contributed by atoms with van der Waals surface area (Å²) in [7, 11) is 0. The topological polar surface area (TPSA) is 135 Å². The van der Waals surface area contributed by atoms with Crippen molar-refractivity contribution >= 4 is 23.4 Å². The van der Waals surface area contributed by atoms with Crippen LogP contribution in [0.2, 0.25) is 5.02 Å². The molecule has 2 amide bonds. The Kier molecular flexibility index (Phi) is 5.16. The Labute approximate surface area is 191 Å². The fourth-order valence-electron chi connectivity index (χ4n) is 3.52. The summed E-state index contributed by atoms with van der Waals surface area (Å²) in [5, 5.41) is 3.26. The van der Waals surface area contributed by atoms with E-state index in [0.717, 1.165) is 6.92 Å². The van der Waals surface area contributed by atoms with E-state index < -0.39 is 69.4 Å². The number of pyridine rings is 1. The Morgan fingerprint density at radius 2 is 1.82 bits per heavy atom. The van der Waals surface area contributed by atoms with Crippen LogP contribution in [0.5, 0.6) is 11.5 Å². The molecule has 2 aromatic heterocycles. The number of nitrogens with zero attached hydrogens (tertiary/aromatic N) is 3. The highest BCUT2D eigenvalue weighted by molar-refractivity contribution is 6.32. The second-order valence-corrected chi connectivity index (χ2v) is 7.35. The van der Waals surface area contributed by atoms with E-state index in [2.05, 4.69) is 19.6 Å². The third kappa shape index (κ3) is 3.65. The Morgan fingerprint density at radius 1 is 1.15 bits per heavy atom. The van der Waals surface area contributed by atoms with Crippen molar-refractivity contribution in [2.45, 2.75) is 19.4 Å². The molecule has 0 spiro atoms. The first-order chi connectivity index (χ1) is 15.7. The van der Waals surface area contributed by atoms with Crippen molar-refractivity contribution < 1.29 is 41.0 Å². The van der Waals surface area contributed by atoms with Gasteiger partial charge in [0.05, 0.1) is 10.6 Å². The SMILES string of the molecule is Cc1c2c(cc(C(N)=O)c1-c1c(C(F)(F)F)nn(-c3ncccc3Cl)c1C(N)=O)OC(F)(F)O2. The number of hydrogen-bond acceptors (Lipinski definition) is 6. The van der Waals surface area contributed by atoms with E-state index in [1.807, 2.05) is 0 Å². The van der Waals surface area contributed by atoms with Crippen LogP contribution in [0.1, 0.15) is 32.1 Å². The Morgan fingerprint density at radius 3 is 2.38 bits per heavy atom. The number of ether oxygens (including phenoxy) is 2. The predicted molar refractivity (Wildman–Crippen MR) is 105 cm³/mol. The molecular weight excluding hydrogens is 493 g/mol.